The van der Waals surface area contributed by atoms with Crippen LogP contribution in [0.4, 0.5) is 0 Å². The molecule has 4 rings (SSSR count). The Labute approximate surface area is 188 Å². The number of imidazole rings is 1. The van der Waals surface area contributed by atoms with Crippen LogP contribution in [-0.4, -0.2) is 52.4 Å². The van der Waals surface area contributed by atoms with Crippen molar-refractivity contribution in [3.8, 4) is 5.75 Å². The van der Waals surface area contributed by atoms with Gasteiger partial charge in [-0.3, -0.25) is 9.59 Å². The highest BCUT2D eigenvalue weighted by Gasteiger charge is 2.24. The Kier molecular flexibility index (Phi) is 6.73. The lowest BCUT2D eigenvalue weighted by molar-refractivity contribution is -0.132. The van der Waals surface area contributed by atoms with E-state index in [1.54, 1.807) is 12.4 Å². The van der Waals surface area contributed by atoms with Gasteiger partial charge in [0.2, 0.25) is 5.91 Å². The summed E-state index contributed by atoms with van der Waals surface area (Å²) in [5.74, 6) is 0.989. The fraction of sp³-hybridized carbons (Fsp3) is 0.400. The second-order valence-corrected chi connectivity index (χ2v) is 8.44. The van der Waals surface area contributed by atoms with Gasteiger partial charge >= 0.3 is 0 Å². The Hall–Kier alpha value is -3.35. The van der Waals surface area contributed by atoms with Crippen LogP contribution < -0.4 is 10.1 Å². The number of nitrogens with zero attached hydrogens (tertiary/aromatic N) is 2. The Bertz CT molecular complexity index is 1080. The molecule has 0 unspecified atom stereocenters. The van der Waals surface area contributed by atoms with Crippen molar-refractivity contribution in [1.29, 1.82) is 0 Å². The van der Waals surface area contributed by atoms with Crippen LogP contribution >= 0.6 is 0 Å². The van der Waals surface area contributed by atoms with Gasteiger partial charge in [0.1, 0.15) is 5.75 Å². The number of amides is 2. The van der Waals surface area contributed by atoms with Gasteiger partial charge in [0.05, 0.1) is 24.0 Å². The van der Waals surface area contributed by atoms with Gasteiger partial charge in [-0.25, -0.2) is 4.98 Å². The minimum atomic E-state index is -0.0880. The quantitative estimate of drug-likeness (QED) is 0.555. The molecule has 1 aliphatic heterocycles. The normalized spacial score (nSPS) is 14.5. The summed E-state index contributed by atoms with van der Waals surface area (Å²) in [6.07, 6.45) is 4.33. The Morgan fingerprint density at radius 3 is 2.66 bits per heavy atom. The molecule has 7 nitrogen and oxygen atoms in total. The van der Waals surface area contributed by atoms with Gasteiger partial charge in [0.25, 0.3) is 5.91 Å². The van der Waals surface area contributed by atoms with E-state index >= 15 is 0 Å². The molecule has 2 N–H and O–H groups in total. The number of para-hydroxylation sites is 1. The number of nitrogens with one attached hydrogen (secondary N) is 2. The highest BCUT2D eigenvalue weighted by molar-refractivity contribution is 5.97. The first-order chi connectivity index (χ1) is 15.5. The van der Waals surface area contributed by atoms with E-state index in [4.69, 9.17) is 4.74 Å². The number of hydrogen-bond donors (Lipinski definition) is 2. The topological polar surface area (TPSA) is 87.3 Å². The monoisotopic (exact) mass is 434 g/mol. The van der Waals surface area contributed by atoms with Crippen molar-refractivity contribution in [2.24, 2.45) is 0 Å². The van der Waals surface area contributed by atoms with Gasteiger partial charge in [-0.15, -0.1) is 0 Å². The predicted octanol–water partition coefficient (Wildman–Crippen LogP) is 3.76. The molecular formula is C25H30N4O3. The number of aryl methyl sites for hydroxylation is 2. The molecule has 32 heavy (non-hydrogen) atoms. The third kappa shape index (κ3) is 5.10. The van der Waals surface area contributed by atoms with E-state index < -0.39 is 0 Å². The number of piperidine rings is 1. The Morgan fingerprint density at radius 2 is 1.91 bits per heavy atom. The second-order valence-electron chi connectivity index (χ2n) is 8.44. The van der Waals surface area contributed by atoms with Crippen LogP contribution in [-0.2, 0) is 4.79 Å². The summed E-state index contributed by atoms with van der Waals surface area (Å²) < 4.78 is 5.91. The van der Waals surface area contributed by atoms with Crippen LogP contribution in [0.3, 0.4) is 0 Å². The van der Waals surface area contributed by atoms with Crippen LogP contribution in [0.25, 0.3) is 11.0 Å². The van der Waals surface area contributed by atoms with Crippen molar-refractivity contribution in [3.05, 3.63) is 59.4 Å². The number of hydrogen-bond acceptors (Lipinski definition) is 4. The molecule has 0 aliphatic carbocycles. The molecule has 0 spiro atoms. The number of likely N-dealkylation sites (tertiary alicyclic amines) is 1. The summed E-state index contributed by atoms with van der Waals surface area (Å²) >= 11 is 0. The summed E-state index contributed by atoms with van der Waals surface area (Å²) in [7, 11) is 0. The molecule has 0 atom stereocenters. The molecule has 0 radical (unpaired) electrons. The van der Waals surface area contributed by atoms with Crippen molar-refractivity contribution in [2.45, 2.75) is 45.6 Å². The number of benzene rings is 2. The summed E-state index contributed by atoms with van der Waals surface area (Å²) in [5, 5.41) is 3.10. The fourth-order valence-corrected chi connectivity index (χ4v) is 4.20. The van der Waals surface area contributed by atoms with E-state index in [2.05, 4.69) is 15.3 Å². The number of carbonyl (C=O) groups is 2. The van der Waals surface area contributed by atoms with Crippen molar-refractivity contribution >= 4 is 22.8 Å². The third-order valence-corrected chi connectivity index (χ3v) is 6.06. The van der Waals surface area contributed by atoms with Crippen LogP contribution in [0.15, 0.2) is 42.7 Å². The first-order valence-corrected chi connectivity index (χ1v) is 11.2. The number of aromatic nitrogens is 2. The average Bonchev–Trinajstić information content (AvgIpc) is 3.26. The number of aromatic amines is 1. The lowest BCUT2D eigenvalue weighted by atomic mass is 10.0. The summed E-state index contributed by atoms with van der Waals surface area (Å²) in [5.41, 5.74) is 4.53. The maximum atomic E-state index is 12.6. The molecule has 7 heteroatoms. The molecule has 168 valence electrons. The van der Waals surface area contributed by atoms with Gasteiger partial charge in [-0.1, -0.05) is 18.2 Å². The van der Waals surface area contributed by atoms with Crippen molar-refractivity contribution in [2.75, 3.05) is 19.7 Å². The summed E-state index contributed by atoms with van der Waals surface area (Å²) in [4.78, 5) is 34.3. The number of H-pyrrole nitrogens is 1. The van der Waals surface area contributed by atoms with E-state index in [9.17, 15) is 9.59 Å². The molecule has 2 aromatic carbocycles. The minimum Gasteiger partial charge on any atom is -0.493 e. The SMILES string of the molecule is Cc1cccc(C)c1OCCCC(=O)N1CCC(NC(=O)c2ccc3nc[nH]c3c2)CC1. The molecule has 0 saturated carbocycles. The zero-order valence-corrected chi connectivity index (χ0v) is 18.7. The van der Waals surface area contributed by atoms with E-state index in [0.717, 1.165) is 40.8 Å². The molecule has 3 aromatic rings. The lowest BCUT2D eigenvalue weighted by Crippen LogP contribution is -2.46. The number of fused-ring (bicyclic) bond motifs is 1. The number of ether oxygens (including phenoxy) is 1. The van der Waals surface area contributed by atoms with Crippen molar-refractivity contribution in [3.63, 3.8) is 0 Å². The van der Waals surface area contributed by atoms with Gasteiger partial charge in [-0.05, 0) is 62.4 Å². The molecular weight excluding hydrogens is 404 g/mol. The summed E-state index contributed by atoms with van der Waals surface area (Å²) in [6, 6.07) is 11.6. The number of carbonyl (C=O) groups excluding carboxylic acids is 2. The first-order valence-electron chi connectivity index (χ1n) is 11.2. The van der Waals surface area contributed by atoms with E-state index in [1.165, 1.54) is 0 Å². The standard InChI is InChI=1S/C25H30N4O3/c1-17-5-3-6-18(2)24(17)32-14-4-7-23(30)29-12-10-20(11-13-29)28-25(31)19-8-9-21-22(15-19)27-16-26-21/h3,5-6,8-9,15-16,20H,4,7,10-14H2,1-2H3,(H,26,27)(H,28,31). The zero-order chi connectivity index (χ0) is 22.5. The zero-order valence-electron chi connectivity index (χ0n) is 18.7. The van der Waals surface area contributed by atoms with Gasteiger partial charge in [0, 0.05) is 31.1 Å². The highest BCUT2D eigenvalue weighted by atomic mass is 16.5. The van der Waals surface area contributed by atoms with Gasteiger partial charge in [-0.2, -0.15) is 0 Å². The minimum absolute atomic E-state index is 0.0800. The second kappa shape index (κ2) is 9.85. The predicted molar refractivity (Wildman–Crippen MR) is 124 cm³/mol. The molecule has 1 aromatic heterocycles. The maximum Gasteiger partial charge on any atom is 0.251 e. The van der Waals surface area contributed by atoms with E-state index in [0.29, 0.717) is 38.1 Å². The molecule has 1 aliphatic rings. The summed E-state index contributed by atoms with van der Waals surface area (Å²) in [6.45, 7) is 5.94. The molecule has 0 bridgehead atoms. The van der Waals surface area contributed by atoms with Crippen LogP contribution in [0.5, 0.6) is 5.75 Å². The molecule has 2 amide bonds. The van der Waals surface area contributed by atoms with Crippen LogP contribution in [0.2, 0.25) is 0 Å². The average molecular weight is 435 g/mol. The fourth-order valence-electron chi connectivity index (χ4n) is 4.20. The molecule has 1 fully saturated rings. The largest absolute Gasteiger partial charge is 0.493 e. The third-order valence-electron chi connectivity index (χ3n) is 6.06. The Balaban J connectivity index is 1.18. The highest BCUT2D eigenvalue weighted by Crippen LogP contribution is 2.22. The molecule has 1 saturated heterocycles. The maximum absolute atomic E-state index is 12.6. The Morgan fingerprint density at radius 1 is 1.16 bits per heavy atom. The lowest BCUT2D eigenvalue weighted by Gasteiger charge is -2.32. The van der Waals surface area contributed by atoms with Gasteiger partial charge in [0.15, 0.2) is 0 Å². The first kappa shape index (κ1) is 21.9. The van der Waals surface area contributed by atoms with Crippen LogP contribution in [0, 0.1) is 13.8 Å². The smallest absolute Gasteiger partial charge is 0.251 e. The van der Waals surface area contributed by atoms with Gasteiger partial charge < -0.3 is 19.9 Å². The van der Waals surface area contributed by atoms with E-state index in [1.807, 2.05) is 49.1 Å². The molecule has 2 heterocycles. The number of rotatable bonds is 7. The van der Waals surface area contributed by atoms with E-state index in [-0.39, 0.29) is 17.9 Å². The van der Waals surface area contributed by atoms with Crippen molar-refractivity contribution in [1.82, 2.24) is 20.2 Å². The van der Waals surface area contributed by atoms with Crippen molar-refractivity contribution < 1.29 is 14.3 Å². The van der Waals surface area contributed by atoms with Crippen LogP contribution in [0.1, 0.15) is 47.2 Å².